The highest BCUT2D eigenvalue weighted by Crippen LogP contribution is 2.25. The lowest BCUT2D eigenvalue weighted by Crippen LogP contribution is -2.44. The molecular formula is C19H27ClN2O3. The molecule has 2 rings (SSSR count). The summed E-state index contributed by atoms with van der Waals surface area (Å²) in [7, 11) is 0. The van der Waals surface area contributed by atoms with Crippen molar-refractivity contribution < 1.29 is 14.3 Å². The molecule has 1 aliphatic rings. The second-order valence-electron chi connectivity index (χ2n) is 7.55. The summed E-state index contributed by atoms with van der Waals surface area (Å²) in [5.41, 5.74) is 0.451. The molecular weight excluding hydrogens is 340 g/mol. The van der Waals surface area contributed by atoms with Gasteiger partial charge in [0.15, 0.2) is 0 Å². The Morgan fingerprint density at radius 2 is 2.04 bits per heavy atom. The number of alkyl carbamates (subject to hydrolysis) is 1. The molecule has 1 aromatic rings. The van der Waals surface area contributed by atoms with Crippen molar-refractivity contribution in [2.45, 2.75) is 64.6 Å². The fourth-order valence-electron chi connectivity index (χ4n) is 3.01. The van der Waals surface area contributed by atoms with Crippen LogP contribution in [0.5, 0.6) is 0 Å². The second-order valence-corrected chi connectivity index (χ2v) is 7.99. The minimum atomic E-state index is -0.521. The Labute approximate surface area is 154 Å². The van der Waals surface area contributed by atoms with Crippen LogP contribution in [-0.4, -0.2) is 23.6 Å². The Balaban J connectivity index is 1.81. The van der Waals surface area contributed by atoms with Crippen molar-refractivity contribution in [1.29, 1.82) is 0 Å². The molecule has 0 aliphatic heterocycles. The molecule has 0 radical (unpaired) electrons. The Hall–Kier alpha value is -1.75. The van der Waals surface area contributed by atoms with Gasteiger partial charge in [0, 0.05) is 23.5 Å². The van der Waals surface area contributed by atoms with Gasteiger partial charge in [0.05, 0.1) is 0 Å². The summed E-state index contributed by atoms with van der Waals surface area (Å²) in [6.07, 6.45) is 2.85. The molecule has 0 bridgehead atoms. The zero-order valence-electron chi connectivity index (χ0n) is 15.1. The number of halogens is 1. The van der Waals surface area contributed by atoms with E-state index in [1.807, 2.05) is 39.0 Å². The Morgan fingerprint density at radius 1 is 1.28 bits per heavy atom. The molecule has 1 aliphatic carbocycles. The minimum Gasteiger partial charge on any atom is -0.444 e. The fourth-order valence-corrected chi connectivity index (χ4v) is 3.23. The fraction of sp³-hybridized carbons (Fsp3) is 0.579. The SMILES string of the molecule is CC(C)(C)OC(=O)N[C@H]1CCC[C@@H](C(=O)NCc2cccc(Cl)c2)C1. The largest absolute Gasteiger partial charge is 0.444 e. The first-order valence-electron chi connectivity index (χ1n) is 8.74. The predicted octanol–water partition coefficient (Wildman–Crippen LogP) is 4.04. The maximum Gasteiger partial charge on any atom is 0.407 e. The highest BCUT2D eigenvalue weighted by molar-refractivity contribution is 6.30. The van der Waals surface area contributed by atoms with E-state index < -0.39 is 11.7 Å². The number of hydrogen-bond donors (Lipinski definition) is 2. The molecule has 1 saturated carbocycles. The highest BCUT2D eigenvalue weighted by atomic mass is 35.5. The molecule has 1 fully saturated rings. The minimum absolute atomic E-state index is 0.0227. The lowest BCUT2D eigenvalue weighted by Gasteiger charge is -2.30. The molecule has 6 heteroatoms. The van der Waals surface area contributed by atoms with Gasteiger partial charge in [0.2, 0.25) is 5.91 Å². The summed E-state index contributed by atoms with van der Waals surface area (Å²) in [6.45, 7) is 5.96. The molecule has 1 aromatic carbocycles. The Morgan fingerprint density at radius 3 is 2.72 bits per heavy atom. The Kier molecular flexibility index (Phi) is 6.71. The van der Waals surface area contributed by atoms with Crippen LogP contribution in [0.4, 0.5) is 4.79 Å². The van der Waals surface area contributed by atoms with E-state index in [4.69, 9.17) is 16.3 Å². The van der Waals surface area contributed by atoms with Gasteiger partial charge in [-0.05, 0) is 57.7 Å². The summed E-state index contributed by atoms with van der Waals surface area (Å²) in [6, 6.07) is 7.42. The monoisotopic (exact) mass is 366 g/mol. The number of ether oxygens (including phenoxy) is 1. The third kappa shape index (κ3) is 6.94. The Bertz CT molecular complexity index is 613. The van der Waals surface area contributed by atoms with E-state index in [0.29, 0.717) is 18.0 Å². The first-order chi connectivity index (χ1) is 11.7. The summed E-state index contributed by atoms with van der Waals surface area (Å²) in [5.74, 6) is -0.0662. The van der Waals surface area contributed by atoms with Crippen molar-refractivity contribution in [3.05, 3.63) is 34.9 Å². The van der Waals surface area contributed by atoms with E-state index >= 15 is 0 Å². The molecule has 2 atom stereocenters. The number of amides is 2. The highest BCUT2D eigenvalue weighted by Gasteiger charge is 2.29. The van der Waals surface area contributed by atoms with Gasteiger partial charge < -0.3 is 15.4 Å². The van der Waals surface area contributed by atoms with Crippen LogP contribution in [0, 0.1) is 5.92 Å². The van der Waals surface area contributed by atoms with Crippen molar-refractivity contribution in [2.24, 2.45) is 5.92 Å². The van der Waals surface area contributed by atoms with Gasteiger partial charge in [-0.1, -0.05) is 30.2 Å². The average Bonchev–Trinajstić information content (AvgIpc) is 2.51. The second kappa shape index (κ2) is 8.56. The number of carbonyl (C=O) groups is 2. The van der Waals surface area contributed by atoms with E-state index in [0.717, 1.165) is 24.8 Å². The van der Waals surface area contributed by atoms with E-state index in [2.05, 4.69) is 10.6 Å². The molecule has 5 nitrogen and oxygen atoms in total. The average molecular weight is 367 g/mol. The smallest absolute Gasteiger partial charge is 0.407 e. The predicted molar refractivity (Wildman–Crippen MR) is 98.4 cm³/mol. The van der Waals surface area contributed by atoms with Crippen LogP contribution in [0.3, 0.4) is 0 Å². The first kappa shape index (κ1) is 19.6. The van der Waals surface area contributed by atoms with E-state index in [1.165, 1.54) is 0 Å². The summed E-state index contributed by atoms with van der Waals surface area (Å²) in [5, 5.41) is 6.51. The topological polar surface area (TPSA) is 67.4 Å². The van der Waals surface area contributed by atoms with Crippen molar-refractivity contribution >= 4 is 23.6 Å². The normalized spacial score (nSPS) is 20.6. The molecule has 0 aromatic heterocycles. The third-order valence-corrected chi connectivity index (χ3v) is 4.36. The third-order valence-electron chi connectivity index (χ3n) is 4.12. The van der Waals surface area contributed by atoms with Gasteiger partial charge in [-0.25, -0.2) is 4.79 Å². The van der Waals surface area contributed by atoms with Gasteiger partial charge in [-0.3, -0.25) is 4.79 Å². The van der Waals surface area contributed by atoms with Crippen molar-refractivity contribution in [1.82, 2.24) is 10.6 Å². The van der Waals surface area contributed by atoms with Crippen molar-refractivity contribution in [3.8, 4) is 0 Å². The van der Waals surface area contributed by atoms with Crippen LogP contribution in [0.15, 0.2) is 24.3 Å². The zero-order valence-corrected chi connectivity index (χ0v) is 15.9. The molecule has 138 valence electrons. The van der Waals surface area contributed by atoms with Crippen LogP contribution in [0.25, 0.3) is 0 Å². The quantitative estimate of drug-likeness (QED) is 0.845. The van der Waals surface area contributed by atoms with Gasteiger partial charge >= 0.3 is 6.09 Å². The molecule has 2 amide bonds. The molecule has 2 N–H and O–H groups in total. The van der Waals surface area contributed by atoms with Crippen LogP contribution < -0.4 is 10.6 Å². The van der Waals surface area contributed by atoms with Crippen LogP contribution in [0.2, 0.25) is 5.02 Å². The number of nitrogens with one attached hydrogen (secondary N) is 2. The van der Waals surface area contributed by atoms with Gasteiger partial charge in [-0.2, -0.15) is 0 Å². The standard InChI is InChI=1S/C19H27ClN2O3/c1-19(2,3)25-18(24)22-16-9-5-7-14(11-16)17(23)21-12-13-6-4-8-15(20)10-13/h4,6,8,10,14,16H,5,7,9,11-12H2,1-3H3,(H,21,23)(H,22,24)/t14-,16+/m1/s1. The number of carbonyl (C=O) groups excluding carboxylic acids is 2. The van der Waals surface area contributed by atoms with E-state index in [-0.39, 0.29) is 17.9 Å². The summed E-state index contributed by atoms with van der Waals surface area (Å²) < 4.78 is 5.29. The lowest BCUT2D eigenvalue weighted by atomic mass is 9.85. The van der Waals surface area contributed by atoms with E-state index in [1.54, 1.807) is 6.07 Å². The summed E-state index contributed by atoms with van der Waals surface area (Å²) in [4.78, 5) is 24.3. The number of hydrogen-bond acceptors (Lipinski definition) is 3. The molecule has 0 spiro atoms. The number of rotatable bonds is 4. The van der Waals surface area contributed by atoms with Crippen LogP contribution in [0.1, 0.15) is 52.0 Å². The molecule has 0 saturated heterocycles. The van der Waals surface area contributed by atoms with Crippen molar-refractivity contribution in [3.63, 3.8) is 0 Å². The number of benzene rings is 1. The van der Waals surface area contributed by atoms with Gasteiger partial charge in [0.1, 0.15) is 5.60 Å². The lowest BCUT2D eigenvalue weighted by molar-refractivity contribution is -0.126. The van der Waals surface area contributed by atoms with Crippen LogP contribution in [-0.2, 0) is 16.1 Å². The molecule has 0 heterocycles. The first-order valence-corrected chi connectivity index (χ1v) is 9.12. The van der Waals surface area contributed by atoms with E-state index in [9.17, 15) is 9.59 Å². The van der Waals surface area contributed by atoms with Crippen LogP contribution >= 0.6 is 11.6 Å². The summed E-state index contributed by atoms with van der Waals surface area (Å²) >= 11 is 5.96. The van der Waals surface area contributed by atoms with Crippen molar-refractivity contribution in [2.75, 3.05) is 0 Å². The van der Waals surface area contributed by atoms with Gasteiger partial charge in [-0.15, -0.1) is 0 Å². The maximum atomic E-state index is 12.4. The molecule has 0 unspecified atom stereocenters. The molecule has 25 heavy (non-hydrogen) atoms. The zero-order chi connectivity index (χ0) is 18.4. The van der Waals surface area contributed by atoms with Gasteiger partial charge in [0.25, 0.3) is 0 Å². The maximum absolute atomic E-state index is 12.4.